The minimum Gasteiger partial charge on any atom is -0.481 e. The van der Waals surface area contributed by atoms with E-state index >= 15 is 0 Å². The van der Waals surface area contributed by atoms with Crippen LogP contribution in [-0.2, 0) is 26.6 Å². The van der Waals surface area contributed by atoms with Crippen LogP contribution in [0.15, 0.2) is 94.6 Å². The Morgan fingerprint density at radius 2 is 1.44 bits per heavy atom. The maximum absolute atomic E-state index is 13.4. The van der Waals surface area contributed by atoms with Gasteiger partial charge in [0, 0.05) is 0 Å². The van der Waals surface area contributed by atoms with E-state index in [2.05, 4.69) is 4.98 Å². The average Bonchev–Trinajstić information content (AvgIpc) is 3.21. The number of carbonyl (C=O) groups is 2. The molecule has 1 heterocycles. The Bertz CT molecular complexity index is 1130. The lowest BCUT2D eigenvalue weighted by atomic mass is 9.74. The number of rotatable bonds is 9. The van der Waals surface area contributed by atoms with Gasteiger partial charge in [-0.15, -0.1) is 0 Å². The summed E-state index contributed by atoms with van der Waals surface area (Å²) < 4.78 is 11.1. The Labute approximate surface area is 189 Å². The number of hydrogen-bond donors (Lipinski definition) is 1. The van der Waals surface area contributed by atoms with Crippen molar-refractivity contribution in [2.75, 3.05) is 0 Å². The third-order valence-electron chi connectivity index (χ3n) is 5.16. The molecule has 0 spiro atoms. The standard InChI is InChI=1S/C25H21NO5S/c27-22(28)17-25(15-18-9-3-1-4-10-18,16-19-11-5-2-6-12-19)23(29)31-32-24-26-20-13-7-8-14-21(20)30-24/h1-14H,15-17H2,(H,27,28). The van der Waals surface area contributed by atoms with Crippen molar-refractivity contribution in [3.63, 3.8) is 0 Å². The zero-order valence-electron chi connectivity index (χ0n) is 17.1. The summed E-state index contributed by atoms with van der Waals surface area (Å²) >= 11 is 0.709. The highest BCUT2D eigenvalue weighted by molar-refractivity contribution is 7.94. The smallest absolute Gasteiger partial charge is 0.325 e. The zero-order chi connectivity index (χ0) is 22.4. The van der Waals surface area contributed by atoms with Gasteiger partial charge in [-0.25, -0.2) is 4.98 Å². The Hall–Kier alpha value is -3.58. The fourth-order valence-corrected chi connectivity index (χ4v) is 4.30. The number of para-hydroxylation sites is 2. The molecule has 7 heteroatoms. The topological polar surface area (TPSA) is 89.6 Å². The lowest BCUT2D eigenvalue weighted by molar-refractivity contribution is -0.152. The molecule has 4 aromatic rings. The van der Waals surface area contributed by atoms with Gasteiger partial charge in [-0.3, -0.25) is 9.59 Å². The van der Waals surface area contributed by atoms with E-state index in [1.165, 1.54) is 0 Å². The van der Waals surface area contributed by atoms with Crippen LogP contribution in [0.1, 0.15) is 17.5 Å². The van der Waals surface area contributed by atoms with Gasteiger partial charge in [0.15, 0.2) is 17.6 Å². The number of aliphatic carboxylic acids is 1. The second kappa shape index (κ2) is 9.70. The van der Waals surface area contributed by atoms with Crippen molar-refractivity contribution in [3.05, 3.63) is 96.1 Å². The second-order valence-corrected chi connectivity index (χ2v) is 8.26. The van der Waals surface area contributed by atoms with Crippen LogP contribution in [-0.4, -0.2) is 22.0 Å². The van der Waals surface area contributed by atoms with Crippen LogP contribution in [0.4, 0.5) is 0 Å². The zero-order valence-corrected chi connectivity index (χ0v) is 18.0. The molecule has 4 rings (SSSR count). The Morgan fingerprint density at radius 3 is 2.00 bits per heavy atom. The maximum atomic E-state index is 13.4. The first kappa shape index (κ1) is 21.6. The molecule has 0 unspecified atom stereocenters. The number of carbonyl (C=O) groups excluding carboxylic acids is 1. The summed E-state index contributed by atoms with van der Waals surface area (Å²) in [7, 11) is 0. The van der Waals surface area contributed by atoms with Crippen LogP contribution in [0.2, 0.25) is 0 Å². The highest BCUT2D eigenvalue weighted by Crippen LogP contribution is 2.36. The number of nitrogens with zero attached hydrogens (tertiary/aromatic N) is 1. The molecule has 0 aliphatic carbocycles. The quantitative estimate of drug-likeness (QED) is 0.347. The fourth-order valence-electron chi connectivity index (χ4n) is 3.72. The van der Waals surface area contributed by atoms with Gasteiger partial charge in [-0.2, -0.15) is 0 Å². The molecule has 0 aliphatic heterocycles. The van der Waals surface area contributed by atoms with Gasteiger partial charge in [0.1, 0.15) is 5.52 Å². The molecule has 32 heavy (non-hydrogen) atoms. The molecule has 0 atom stereocenters. The molecule has 0 saturated heterocycles. The molecule has 1 aromatic heterocycles. The van der Waals surface area contributed by atoms with Crippen molar-refractivity contribution in [2.45, 2.75) is 24.5 Å². The predicted molar refractivity (Wildman–Crippen MR) is 121 cm³/mol. The number of benzene rings is 3. The van der Waals surface area contributed by atoms with Gasteiger partial charge in [0.05, 0.1) is 11.8 Å². The largest absolute Gasteiger partial charge is 0.481 e. The van der Waals surface area contributed by atoms with Gasteiger partial charge >= 0.3 is 11.9 Å². The molecule has 0 fully saturated rings. The molecule has 3 aromatic carbocycles. The molecular formula is C25H21NO5S. The average molecular weight is 448 g/mol. The highest BCUT2D eigenvalue weighted by Gasteiger charge is 2.43. The van der Waals surface area contributed by atoms with Crippen LogP contribution in [0, 0.1) is 5.41 Å². The molecule has 0 saturated carbocycles. The van der Waals surface area contributed by atoms with E-state index in [4.69, 9.17) is 8.60 Å². The number of carboxylic acid groups (broad SMARTS) is 1. The summed E-state index contributed by atoms with van der Waals surface area (Å²) in [6.45, 7) is 0. The van der Waals surface area contributed by atoms with E-state index in [0.717, 1.165) is 11.1 Å². The van der Waals surface area contributed by atoms with E-state index < -0.39 is 17.4 Å². The summed E-state index contributed by atoms with van der Waals surface area (Å²) in [4.78, 5) is 29.6. The van der Waals surface area contributed by atoms with Gasteiger partial charge in [0.2, 0.25) is 0 Å². The first-order chi connectivity index (χ1) is 15.5. The second-order valence-electron chi connectivity index (χ2n) is 7.58. The van der Waals surface area contributed by atoms with Crippen molar-refractivity contribution in [2.24, 2.45) is 5.41 Å². The van der Waals surface area contributed by atoms with Crippen LogP contribution in [0.3, 0.4) is 0 Å². The van der Waals surface area contributed by atoms with Crippen molar-refractivity contribution in [1.82, 2.24) is 4.98 Å². The molecule has 0 radical (unpaired) electrons. The maximum Gasteiger partial charge on any atom is 0.325 e. The highest BCUT2D eigenvalue weighted by atomic mass is 32.2. The lowest BCUT2D eigenvalue weighted by Crippen LogP contribution is -2.38. The minimum absolute atomic E-state index is 0.184. The molecule has 6 nitrogen and oxygen atoms in total. The predicted octanol–water partition coefficient (Wildman–Crippen LogP) is 5.32. The summed E-state index contributed by atoms with van der Waals surface area (Å²) in [5.74, 6) is -1.69. The molecule has 0 aliphatic rings. The van der Waals surface area contributed by atoms with Gasteiger partial charge in [-0.05, 0) is 36.1 Å². The molecular weight excluding hydrogens is 426 g/mol. The number of oxazole rings is 1. The van der Waals surface area contributed by atoms with Crippen LogP contribution in [0.25, 0.3) is 11.1 Å². The van der Waals surface area contributed by atoms with E-state index in [-0.39, 0.29) is 24.5 Å². The Kier molecular flexibility index (Phi) is 6.56. The van der Waals surface area contributed by atoms with Crippen LogP contribution < -0.4 is 0 Å². The number of carboxylic acids is 1. The Balaban J connectivity index is 1.63. The summed E-state index contributed by atoms with van der Waals surface area (Å²) in [6.07, 6.45) is 0.0771. The van der Waals surface area contributed by atoms with Crippen molar-refractivity contribution < 1.29 is 23.3 Å². The van der Waals surface area contributed by atoms with Crippen LogP contribution >= 0.6 is 12.0 Å². The monoisotopic (exact) mass is 447 g/mol. The molecule has 0 amide bonds. The first-order valence-electron chi connectivity index (χ1n) is 10.1. The molecule has 0 bridgehead atoms. The third kappa shape index (κ3) is 5.18. The minimum atomic E-state index is -1.30. The Morgan fingerprint density at radius 1 is 0.875 bits per heavy atom. The number of hydrogen-bond acceptors (Lipinski definition) is 6. The number of fused-ring (bicyclic) bond motifs is 1. The van der Waals surface area contributed by atoms with E-state index in [9.17, 15) is 14.7 Å². The van der Waals surface area contributed by atoms with Gasteiger partial charge < -0.3 is 13.7 Å². The summed E-state index contributed by atoms with van der Waals surface area (Å²) in [6, 6.07) is 25.9. The molecule has 162 valence electrons. The van der Waals surface area contributed by atoms with Crippen molar-refractivity contribution >= 4 is 35.1 Å². The summed E-state index contributed by atoms with van der Waals surface area (Å²) in [5.41, 5.74) is 1.64. The van der Waals surface area contributed by atoms with E-state index in [0.29, 0.717) is 23.1 Å². The third-order valence-corrected chi connectivity index (χ3v) is 5.71. The van der Waals surface area contributed by atoms with Crippen molar-refractivity contribution in [3.8, 4) is 0 Å². The normalized spacial score (nSPS) is 11.4. The van der Waals surface area contributed by atoms with Gasteiger partial charge in [-0.1, -0.05) is 72.8 Å². The van der Waals surface area contributed by atoms with Crippen molar-refractivity contribution in [1.29, 1.82) is 0 Å². The molecule has 1 N–H and O–H groups in total. The van der Waals surface area contributed by atoms with Crippen LogP contribution in [0.5, 0.6) is 0 Å². The van der Waals surface area contributed by atoms with E-state index in [1.807, 2.05) is 72.8 Å². The summed E-state index contributed by atoms with van der Waals surface area (Å²) in [5, 5.41) is 9.87. The fraction of sp³-hybridized carbons (Fsp3) is 0.160. The first-order valence-corrected chi connectivity index (χ1v) is 10.8. The van der Waals surface area contributed by atoms with Gasteiger partial charge in [0.25, 0.3) is 5.22 Å². The lowest BCUT2D eigenvalue weighted by Gasteiger charge is -2.30. The number of aromatic nitrogens is 1. The SMILES string of the molecule is O=C(O)CC(Cc1ccccc1)(Cc1ccccc1)C(=O)OSc1nc2ccccc2o1. The van der Waals surface area contributed by atoms with E-state index in [1.54, 1.807) is 12.1 Å².